The van der Waals surface area contributed by atoms with Crippen LogP contribution in [0, 0.1) is 0 Å². The number of Topliss-reactive ketones (excluding diaryl/α,β-unsaturated/α-hetero) is 1. The minimum Gasteiger partial charge on any atom is -0.307 e. The van der Waals surface area contributed by atoms with Crippen molar-refractivity contribution in [1.29, 1.82) is 0 Å². The zero-order valence-corrected chi connectivity index (χ0v) is 9.38. The van der Waals surface area contributed by atoms with E-state index in [2.05, 4.69) is 21.2 Å². The third kappa shape index (κ3) is 2.04. The predicted octanol–water partition coefficient (Wildman–Crippen LogP) is 1.92. The van der Waals surface area contributed by atoms with Crippen LogP contribution in [0.1, 0.15) is 12.0 Å². The average molecular weight is 254 g/mol. The number of halogens is 1. The third-order valence-electron chi connectivity index (χ3n) is 2.53. The Morgan fingerprint density at radius 1 is 1.50 bits per heavy atom. The number of benzene rings is 1. The number of carbonyl (C=O) groups is 1. The number of hydrogen-bond acceptors (Lipinski definition) is 2. The molecular formula is C11H12BrNO. The van der Waals surface area contributed by atoms with Crippen molar-refractivity contribution in [3.63, 3.8) is 0 Å². The number of ketones is 1. The van der Waals surface area contributed by atoms with Crippen LogP contribution in [-0.4, -0.2) is 18.4 Å². The molecule has 1 aromatic rings. The van der Waals surface area contributed by atoms with Gasteiger partial charge in [0, 0.05) is 10.9 Å². The van der Waals surface area contributed by atoms with Crippen molar-refractivity contribution in [2.24, 2.45) is 0 Å². The maximum absolute atomic E-state index is 11.7. The van der Waals surface area contributed by atoms with Gasteiger partial charge in [0.05, 0.1) is 6.04 Å². The molecule has 0 saturated carbocycles. The van der Waals surface area contributed by atoms with Crippen LogP contribution in [0.15, 0.2) is 28.7 Å². The summed E-state index contributed by atoms with van der Waals surface area (Å²) in [7, 11) is 0. The molecule has 14 heavy (non-hydrogen) atoms. The van der Waals surface area contributed by atoms with Gasteiger partial charge in [-0.25, -0.2) is 0 Å². The first kappa shape index (κ1) is 9.87. The predicted molar refractivity (Wildman–Crippen MR) is 59.3 cm³/mol. The highest BCUT2D eigenvalue weighted by Crippen LogP contribution is 2.18. The summed E-state index contributed by atoms with van der Waals surface area (Å²) >= 11 is 3.44. The molecule has 74 valence electrons. The summed E-state index contributed by atoms with van der Waals surface area (Å²) in [6.45, 7) is 0.979. The Hall–Kier alpha value is -0.670. The highest BCUT2D eigenvalue weighted by molar-refractivity contribution is 9.10. The minimum absolute atomic E-state index is 0.0992. The van der Waals surface area contributed by atoms with Crippen molar-refractivity contribution < 1.29 is 4.79 Å². The molecule has 1 saturated heterocycles. The van der Waals surface area contributed by atoms with E-state index in [1.807, 2.05) is 24.3 Å². The van der Waals surface area contributed by atoms with Crippen molar-refractivity contribution in [3.8, 4) is 0 Å². The van der Waals surface area contributed by atoms with Crippen LogP contribution >= 0.6 is 15.9 Å². The first-order chi connectivity index (χ1) is 6.77. The standard InChI is InChI=1S/C11H12BrNO/c12-9-4-2-1-3-8(9)7-11(14)10-5-6-13-10/h1-4,10,13H,5-7H2. The molecule has 0 radical (unpaired) electrons. The van der Waals surface area contributed by atoms with Gasteiger partial charge in [0.15, 0.2) is 5.78 Å². The van der Waals surface area contributed by atoms with Crippen LogP contribution < -0.4 is 5.32 Å². The van der Waals surface area contributed by atoms with Crippen molar-refractivity contribution >= 4 is 21.7 Å². The lowest BCUT2D eigenvalue weighted by Gasteiger charge is -2.26. The molecule has 2 nitrogen and oxygen atoms in total. The second-order valence-electron chi connectivity index (χ2n) is 3.53. The largest absolute Gasteiger partial charge is 0.307 e. The summed E-state index contributed by atoms with van der Waals surface area (Å²) in [6, 6.07) is 7.97. The van der Waals surface area contributed by atoms with Gasteiger partial charge in [0.25, 0.3) is 0 Å². The average Bonchev–Trinajstić information content (AvgIpc) is 2.05. The van der Waals surface area contributed by atoms with E-state index in [0.717, 1.165) is 23.0 Å². The van der Waals surface area contributed by atoms with Gasteiger partial charge in [-0.15, -0.1) is 0 Å². The fourth-order valence-electron chi connectivity index (χ4n) is 1.52. The quantitative estimate of drug-likeness (QED) is 0.892. The second kappa shape index (κ2) is 4.24. The molecule has 0 bridgehead atoms. The van der Waals surface area contributed by atoms with Gasteiger partial charge in [-0.1, -0.05) is 34.1 Å². The number of nitrogens with one attached hydrogen (secondary N) is 1. The number of hydrogen-bond donors (Lipinski definition) is 1. The van der Waals surface area contributed by atoms with Crippen LogP contribution in [-0.2, 0) is 11.2 Å². The van der Waals surface area contributed by atoms with Gasteiger partial charge >= 0.3 is 0 Å². The Kier molecular flexibility index (Phi) is 2.99. The zero-order valence-electron chi connectivity index (χ0n) is 7.79. The van der Waals surface area contributed by atoms with E-state index < -0.39 is 0 Å². The molecule has 1 atom stereocenters. The smallest absolute Gasteiger partial charge is 0.154 e. The van der Waals surface area contributed by atoms with Gasteiger partial charge in [-0.3, -0.25) is 4.79 Å². The first-order valence-corrected chi connectivity index (χ1v) is 5.56. The van der Waals surface area contributed by atoms with E-state index in [-0.39, 0.29) is 6.04 Å². The molecule has 1 aromatic carbocycles. The van der Waals surface area contributed by atoms with Crippen LogP contribution in [0.5, 0.6) is 0 Å². The maximum atomic E-state index is 11.7. The van der Waals surface area contributed by atoms with E-state index in [0.29, 0.717) is 12.2 Å². The molecular weight excluding hydrogens is 242 g/mol. The van der Waals surface area contributed by atoms with E-state index in [1.54, 1.807) is 0 Å². The molecule has 0 aromatic heterocycles. The molecule has 0 spiro atoms. The van der Waals surface area contributed by atoms with Crippen molar-refractivity contribution in [2.45, 2.75) is 18.9 Å². The Morgan fingerprint density at radius 2 is 2.21 bits per heavy atom. The topological polar surface area (TPSA) is 29.1 Å². The Morgan fingerprint density at radius 3 is 2.79 bits per heavy atom. The molecule has 1 fully saturated rings. The van der Waals surface area contributed by atoms with Gasteiger partial charge < -0.3 is 5.32 Å². The summed E-state index contributed by atoms with van der Waals surface area (Å²) < 4.78 is 1.02. The summed E-state index contributed by atoms with van der Waals surface area (Å²) in [4.78, 5) is 11.7. The summed E-state index contributed by atoms with van der Waals surface area (Å²) in [5.74, 6) is 0.295. The molecule has 2 rings (SSSR count). The molecule has 0 amide bonds. The molecule has 1 aliphatic rings. The lowest BCUT2D eigenvalue weighted by molar-refractivity contribution is -0.121. The summed E-state index contributed by atoms with van der Waals surface area (Å²) in [6.07, 6.45) is 1.52. The van der Waals surface area contributed by atoms with E-state index in [1.165, 1.54) is 0 Å². The van der Waals surface area contributed by atoms with E-state index in [4.69, 9.17) is 0 Å². The number of rotatable bonds is 3. The maximum Gasteiger partial charge on any atom is 0.154 e. The summed E-state index contributed by atoms with van der Waals surface area (Å²) in [5.41, 5.74) is 1.08. The zero-order chi connectivity index (χ0) is 9.97. The highest BCUT2D eigenvalue weighted by atomic mass is 79.9. The van der Waals surface area contributed by atoms with Gasteiger partial charge in [0.2, 0.25) is 0 Å². The fraction of sp³-hybridized carbons (Fsp3) is 0.364. The van der Waals surface area contributed by atoms with Crippen LogP contribution in [0.3, 0.4) is 0 Å². The number of carbonyl (C=O) groups excluding carboxylic acids is 1. The van der Waals surface area contributed by atoms with Gasteiger partial charge in [0.1, 0.15) is 0 Å². The van der Waals surface area contributed by atoms with Crippen molar-refractivity contribution in [3.05, 3.63) is 34.3 Å². The molecule has 1 N–H and O–H groups in total. The monoisotopic (exact) mass is 253 g/mol. The highest BCUT2D eigenvalue weighted by Gasteiger charge is 2.24. The van der Waals surface area contributed by atoms with Gasteiger partial charge in [-0.2, -0.15) is 0 Å². The van der Waals surface area contributed by atoms with E-state index in [9.17, 15) is 4.79 Å². The Labute approximate surface area is 91.8 Å². The van der Waals surface area contributed by atoms with Crippen LogP contribution in [0.25, 0.3) is 0 Å². The molecule has 1 unspecified atom stereocenters. The van der Waals surface area contributed by atoms with Crippen molar-refractivity contribution in [2.75, 3.05) is 6.54 Å². The lowest BCUT2D eigenvalue weighted by atomic mass is 9.97. The van der Waals surface area contributed by atoms with Crippen LogP contribution in [0.4, 0.5) is 0 Å². The van der Waals surface area contributed by atoms with E-state index >= 15 is 0 Å². The fourth-order valence-corrected chi connectivity index (χ4v) is 1.94. The Balaban J connectivity index is 2.03. The molecule has 1 heterocycles. The second-order valence-corrected chi connectivity index (χ2v) is 4.38. The van der Waals surface area contributed by atoms with Crippen LogP contribution in [0.2, 0.25) is 0 Å². The first-order valence-electron chi connectivity index (χ1n) is 4.77. The molecule has 0 aliphatic carbocycles. The van der Waals surface area contributed by atoms with Gasteiger partial charge in [-0.05, 0) is 24.6 Å². The normalized spacial score (nSPS) is 20.2. The Bertz CT molecular complexity index is 347. The third-order valence-corrected chi connectivity index (χ3v) is 3.31. The summed E-state index contributed by atoms with van der Waals surface area (Å²) in [5, 5.41) is 3.12. The van der Waals surface area contributed by atoms with Crippen molar-refractivity contribution in [1.82, 2.24) is 5.32 Å². The SMILES string of the molecule is O=C(Cc1ccccc1Br)C1CCN1. The molecule has 1 aliphatic heterocycles. The molecule has 3 heteroatoms. The minimum atomic E-state index is 0.0992. The lowest BCUT2D eigenvalue weighted by Crippen LogP contribution is -2.49.